The molecule has 0 saturated heterocycles. The fraction of sp³-hybridized carbons (Fsp3) is 0.583. The molecule has 3 nitrogen and oxygen atoms in total. The first-order valence-electron chi connectivity index (χ1n) is 5.41. The lowest BCUT2D eigenvalue weighted by Gasteiger charge is -2.25. The average molecular weight is 240 g/mol. The number of hydrogen-bond acceptors (Lipinski definition) is 3. The zero-order chi connectivity index (χ0) is 12.2. The van der Waals surface area contributed by atoms with Crippen molar-refractivity contribution < 1.29 is 4.79 Å². The molecule has 1 amide bonds. The van der Waals surface area contributed by atoms with E-state index in [1.807, 2.05) is 38.4 Å². The summed E-state index contributed by atoms with van der Waals surface area (Å²) in [7, 11) is 1.84. The van der Waals surface area contributed by atoms with E-state index in [0.29, 0.717) is 19.5 Å². The SMILES string of the molecule is CN(Cc1cccs1)C(=O)CC(C)(C)CN. The lowest BCUT2D eigenvalue weighted by molar-refractivity contribution is -0.132. The third-order valence-electron chi connectivity index (χ3n) is 2.58. The van der Waals surface area contributed by atoms with Gasteiger partial charge in [0, 0.05) is 18.3 Å². The number of nitrogens with zero attached hydrogens (tertiary/aromatic N) is 1. The third kappa shape index (κ3) is 3.94. The van der Waals surface area contributed by atoms with Crippen molar-refractivity contribution in [3.8, 4) is 0 Å². The van der Waals surface area contributed by atoms with Crippen molar-refractivity contribution in [3.63, 3.8) is 0 Å². The Balaban J connectivity index is 2.48. The molecule has 0 bridgehead atoms. The highest BCUT2D eigenvalue weighted by molar-refractivity contribution is 7.09. The first-order valence-corrected chi connectivity index (χ1v) is 6.29. The molecule has 0 saturated carbocycles. The van der Waals surface area contributed by atoms with Crippen LogP contribution < -0.4 is 5.73 Å². The molecule has 0 fully saturated rings. The van der Waals surface area contributed by atoms with Crippen LogP contribution in [0.4, 0.5) is 0 Å². The van der Waals surface area contributed by atoms with Crippen LogP contribution in [-0.4, -0.2) is 24.4 Å². The van der Waals surface area contributed by atoms with Gasteiger partial charge in [0.1, 0.15) is 0 Å². The lowest BCUT2D eigenvalue weighted by atomic mass is 9.89. The Morgan fingerprint density at radius 2 is 2.25 bits per heavy atom. The van der Waals surface area contributed by atoms with E-state index in [-0.39, 0.29) is 11.3 Å². The lowest BCUT2D eigenvalue weighted by Crippen LogP contribution is -2.33. The van der Waals surface area contributed by atoms with Gasteiger partial charge < -0.3 is 10.6 Å². The number of carbonyl (C=O) groups is 1. The van der Waals surface area contributed by atoms with Crippen molar-refractivity contribution in [1.29, 1.82) is 0 Å². The zero-order valence-electron chi connectivity index (χ0n) is 10.2. The van der Waals surface area contributed by atoms with E-state index >= 15 is 0 Å². The van der Waals surface area contributed by atoms with Crippen LogP contribution in [-0.2, 0) is 11.3 Å². The summed E-state index contributed by atoms with van der Waals surface area (Å²) < 4.78 is 0. The van der Waals surface area contributed by atoms with E-state index in [2.05, 4.69) is 0 Å². The number of hydrogen-bond donors (Lipinski definition) is 1. The van der Waals surface area contributed by atoms with Gasteiger partial charge in [0.25, 0.3) is 0 Å². The van der Waals surface area contributed by atoms with Gasteiger partial charge in [-0.15, -0.1) is 11.3 Å². The predicted octanol–water partition coefficient (Wildman–Crippen LogP) is 2.08. The minimum atomic E-state index is -0.110. The summed E-state index contributed by atoms with van der Waals surface area (Å²) in [6.45, 7) is 5.26. The Bertz CT molecular complexity index is 333. The van der Waals surface area contributed by atoms with Crippen molar-refractivity contribution in [2.24, 2.45) is 11.1 Å². The van der Waals surface area contributed by atoms with Gasteiger partial charge >= 0.3 is 0 Å². The van der Waals surface area contributed by atoms with E-state index in [4.69, 9.17) is 5.73 Å². The number of thiophene rings is 1. The van der Waals surface area contributed by atoms with Crippen molar-refractivity contribution in [1.82, 2.24) is 4.90 Å². The van der Waals surface area contributed by atoms with Crippen LogP contribution in [0.3, 0.4) is 0 Å². The van der Waals surface area contributed by atoms with Gasteiger partial charge in [-0.2, -0.15) is 0 Å². The zero-order valence-corrected chi connectivity index (χ0v) is 11.0. The topological polar surface area (TPSA) is 46.3 Å². The monoisotopic (exact) mass is 240 g/mol. The standard InChI is InChI=1S/C12H20N2OS/c1-12(2,9-13)7-11(15)14(3)8-10-5-4-6-16-10/h4-6H,7-9,13H2,1-3H3. The molecule has 0 aliphatic rings. The fourth-order valence-corrected chi connectivity index (χ4v) is 2.10. The maximum atomic E-state index is 11.9. The van der Waals surface area contributed by atoms with Crippen molar-refractivity contribution >= 4 is 17.2 Å². The largest absolute Gasteiger partial charge is 0.341 e. The van der Waals surface area contributed by atoms with Crippen LogP contribution in [0.25, 0.3) is 0 Å². The molecule has 0 aliphatic heterocycles. The molecule has 2 N–H and O–H groups in total. The molecule has 4 heteroatoms. The third-order valence-corrected chi connectivity index (χ3v) is 3.44. The number of rotatable bonds is 5. The number of carbonyl (C=O) groups excluding carboxylic acids is 1. The minimum Gasteiger partial charge on any atom is -0.341 e. The summed E-state index contributed by atoms with van der Waals surface area (Å²) in [5.74, 6) is 0.156. The molecule has 0 aliphatic carbocycles. The van der Waals surface area contributed by atoms with Crippen LogP contribution >= 0.6 is 11.3 Å². The molecule has 1 rings (SSSR count). The molecular weight excluding hydrogens is 220 g/mol. The molecule has 0 radical (unpaired) electrons. The van der Waals surface area contributed by atoms with E-state index in [9.17, 15) is 4.79 Å². The Morgan fingerprint density at radius 3 is 2.75 bits per heavy atom. The first-order chi connectivity index (χ1) is 7.44. The maximum absolute atomic E-state index is 11.9. The summed E-state index contributed by atoms with van der Waals surface area (Å²) in [5, 5.41) is 2.03. The number of amides is 1. The minimum absolute atomic E-state index is 0.110. The van der Waals surface area contributed by atoms with Gasteiger partial charge in [-0.1, -0.05) is 19.9 Å². The number of nitrogens with two attached hydrogens (primary N) is 1. The van der Waals surface area contributed by atoms with Crippen LogP contribution in [0.5, 0.6) is 0 Å². The molecule has 1 aromatic heterocycles. The van der Waals surface area contributed by atoms with Crippen LogP contribution in [0, 0.1) is 5.41 Å². The predicted molar refractivity (Wildman–Crippen MR) is 68.2 cm³/mol. The van der Waals surface area contributed by atoms with Gasteiger partial charge in [0.2, 0.25) is 5.91 Å². The summed E-state index contributed by atoms with van der Waals surface area (Å²) >= 11 is 1.67. The Kier molecular flexibility index (Phi) is 4.50. The van der Waals surface area contributed by atoms with Crippen molar-refractivity contribution in [2.45, 2.75) is 26.8 Å². The van der Waals surface area contributed by atoms with Crippen molar-refractivity contribution in [3.05, 3.63) is 22.4 Å². The fourth-order valence-electron chi connectivity index (χ4n) is 1.34. The van der Waals surface area contributed by atoms with E-state index < -0.39 is 0 Å². The summed E-state index contributed by atoms with van der Waals surface area (Å²) in [6, 6.07) is 4.05. The van der Waals surface area contributed by atoms with Gasteiger partial charge in [-0.25, -0.2) is 0 Å². The Labute approximate surface area is 101 Å². The second-order valence-corrected chi connectivity index (χ2v) is 5.91. The van der Waals surface area contributed by atoms with Crippen molar-refractivity contribution in [2.75, 3.05) is 13.6 Å². The summed E-state index contributed by atoms with van der Waals surface area (Å²) in [6.07, 6.45) is 0.505. The Morgan fingerprint density at radius 1 is 1.56 bits per heavy atom. The van der Waals surface area contributed by atoms with Crippen LogP contribution in [0.2, 0.25) is 0 Å². The highest BCUT2D eigenvalue weighted by Crippen LogP contribution is 2.20. The quantitative estimate of drug-likeness (QED) is 0.856. The maximum Gasteiger partial charge on any atom is 0.223 e. The molecule has 1 heterocycles. The van der Waals surface area contributed by atoms with Gasteiger partial charge in [0.15, 0.2) is 0 Å². The average Bonchev–Trinajstić information content (AvgIpc) is 2.69. The molecule has 90 valence electrons. The van der Waals surface area contributed by atoms with E-state index in [1.165, 1.54) is 4.88 Å². The normalized spacial score (nSPS) is 11.5. The molecule has 16 heavy (non-hydrogen) atoms. The van der Waals surface area contributed by atoms with Crippen LogP contribution in [0.1, 0.15) is 25.1 Å². The molecule has 0 unspecified atom stereocenters. The second kappa shape index (κ2) is 5.46. The highest BCUT2D eigenvalue weighted by Gasteiger charge is 2.22. The molecule has 0 spiro atoms. The molecule has 0 aromatic carbocycles. The van der Waals surface area contributed by atoms with Gasteiger partial charge in [0.05, 0.1) is 6.54 Å². The van der Waals surface area contributed by atoms with E-state index in [1.54, 1.807) is 16.2 Å². The summed E-state index contributed by atoms with van der Waals surface area (Å²) in [5.41, 5.74) is 5.51. The summed E-state index contributed by atoms with van der Waals surface area (Å²) in [4.78, 5) is 14.9. The first kappa shape index (κ1) is 13.2. The van der Waals surface area contributed by atoms with Gasteiger partial charge in [-0.3, -0.25) is 4.79 Å². The van der Waals surface area contributed by atoms with E-state index in [0.717, 1.165) is 0 Å². The van der Waals surface area contributed by atoms with Gasteiger partial charge in [-0.05, 0) is 23.4 Å². The molecule has 0 atom stereocenters. The second-order valence-electron chi connectivity index (χ2n) is 4.87. The highest BCUT2D eigenvalue weighted by atomic mass is 32.1. The molecular formula is C12H20N2OS. The Hall–Kier alpha value is -0.870. The molecule has 1 aromatic rings. The smallest absolute Gasteiger partial charge is 0.223 e. The van der Waals surface area contributed by atoms with Crippen LogP contribution in [0.15, 0.2) is 17.5 Å².